The fourth-order valence-electron chi connectivity index (χ4n) is 0. The zero-order valence-corrected chi connectivity index (χ0v) is 9.52. The Bertz CT molecular complexity index is 11.6. The van der Waals surface area contributed by atoms with Gasteiger partial charge in [-0.25, -0.2) is 0 Å². The van der Waals surface area contributed by atoms with Gasteiger partial charge < -0.3 is 0 Å². The van der Waals surface area contributed by atoms with E-state index in [1.807, 2.05) is 0 Å². The molecular formula is H3CuNiPSiSn. The summed E-state index contributed by atoms with van der Waals surface area (Å²) in [5.74, 6) is 0. The summed E-state index contributed by atoms with van der Waals surface area (Å²) in [4.78, 5) is 0. The standard InChI is InChI=1S/Cu.Ni.H3P.Si.Sn/h;;1H3;;. The molecule has 0 N–H and O–H groups in total. The van der Waals surface area contributed by atoms with Crippen LogP contribution in [0.2, 0.25) is 0 Å². The fourth-order valence-corrected chi connectivity index (χ4v) is 0. The zero-order valence-electron chi connectivity index (χ0n) is 2.32. The summed E-state index contributed by atoms with van der Waals surface area (Å²) < 4.78 is 0. The summed E-state index contributed by atoms with van der Waals surface area (Å²) >= 11 is 0. The van der Waals surface area contributed by atoms with E-state index in [1.165, 1.54) is 0 Å². The molecule has 0 amide bonds. The van der Waals surface area contributed by atoms with Gasteiger partial charge in [-0.3, -0.25) is 0 Å². The van der Waals surface area contributed by atoms with Gasteiger partial charge >= 0.3 is 0 Å². The van der Waals surface area contributed by atoms with Gasteiger partial charge in [-0.2, -0.15) is 9.90 Å². The van der Waals surface area contributed by atoms with Gasteiger partial charge in [0, 0.05) is 68.4 Å². The van der Waals surface area contributed by atoms with Crippen LogP contribution in [0.25, 0.3) is 0 Å². The molecule has 0 aliphatic carbocycles. The van der Waals surface area contributed by atoms with Crippen molar-refractivity contribution in [1.29, 1.82) is 0 Å². The molecule has 0 nitrogen and oxygen atoms in total. The van der Waals surface area contributed by atoms with Crippen LogP contribution in [0.15, 0.2) is 0 Å². The van der Waals surface area contributed by atoms with Crippen LogP contribution in [0.5, 0.6) is 0 Å². The molecule has 0 aliphatic heterocycles. The first kappa shape index (κ1) is 51.5. The molecule has 9 radical (unpaired) electrons. The average Bonchev–Trinajstić information content (AvgIpc) is 0. The Balaban J connectivity index is 0. The summed E-state index contributed by atoms with van der Waals surface area (Å²) in [6.07, 6.45) is 0. The Hall–Kier alpha value is 2.46. The third-order valence-corrected chi connectivity index (χ3v) is 0. The monoisotopic (exact) mass is 303 g/mol. The maximum atomic E-state index is 0. The molecule has 0 aliphatic rings. The smallest absolute Gasteiger partial charge is 0 e. The van der Waals surface area contributed by atoms with Crippen LogP contribution in [0.4, 0.5) is 0 Å². The van der Waals surface area contributed by atoms with Crippen LogP contribution in [0.1, 0.15) is 0 Å². The molecule has 0 bridgehead atoms. The van der Waals surface area contributed by atoms with E-state index in [4.69, 9.17) is 0 Å². The van der Waals surface area contributed by atoms with Crippen molar-refractivity contribution in [3.8, 4) is 0 Å². The summed E-state index contributed by atoms with van der Waals surface area (Å²) in [5.41, 5.74) is 0. The molecule has 0 heterocycles. The van der Waals surface area contributed by atoms with Crippen molar-refractivity contribution in [2.45, 2.75) is 0 Å². The van der Waals surface area contributed by atoms with Crippen molar-refractivity contribution in [2.75, 3.05) is 0 Å². The Morgan fingerprint density at radius 1 is 1.00 bits per heavy atom. The van der Waals surface area contributed by atoms with Gasteiger partial charge in [-0.15, -0.1) is 0 Å². The normalized spacial score (nSPS) is 0. The Morgan fingerprint density at radius 2 is 1.00 bits per heavy atom. The quantitative estimate of drug-likeness (QED) is 0.410. The molecule has 5 heteroatoms. The first-order valence-electron chi connectivity index (χ1n) is 0. The van der Waals surface area contributed by atoms with Crippen molar-refractivity contribution in [3.63, 3.8) is 0 Å². The largest absolute Gasteiger partial charge is 0.153 e. The van der Waals surface area contributed by atoms with Crippen LogP contribution in [0, 0.1) is 0 Å². The van der Waals surface area contributed by atoms with E-state index in [0.29, 0.717) is 0 Å². The first-order chi connectivity index (χ1) is 0. The molecule has 0 saturated carbocycles. The van der Waals surface area contributed by atoms with Crippen molar-refractivity contribution in [3.05, 3.63) is 0 Å². The summed E-state index contributed by atoms with van der Waals surface area (Å²) in [6, 6.07) is 0. The molecule has 0 rings (SSSR count). The van der Waals surface area contributed by atoms with Crippen molar-refractivity contribution < 1.29 is 33.6 Å². The molecule has 0 fully saturated rings. The van der Waals surface area contributed by atoms with Crippen LogP contribution < -0.4 is 0 Å². The van der Waals surface area contributed by atoms with Crippen molar-refractivity contribution in [1.82, 2.24) is 0 Å². The van der Waals surface area contributed by atoms with E-state index in [2.05, 4.69) is 0 Å². The van der Waals surface area contributed by atoms with E-state index in [0.717, 1.165) is 0 Å². The van der Waals surface area contributed by atoms with Crippen LogP contribution in [-0.4, -0.2) is 34.9 Å². The second kappa shape index (κ2) is 31.8. The average molecular weight is 303 g/mol. The Labute approximate surface area is 77.6 Å². The summed E-state index contributed by atoms with van der Waals surface area (Å²) in [7, 11) is 0. The van der Waals surface area contributed by atoms with Crippen molar-refractivity contribution in [2.24, 2.45) is 0 Å². The summed E-state index contributed by atoms with van der Waals surface area (Å²) in [6.45, 7) is 0. The molecule has 0 spiro atoms. The molecule has 0 aromatic carbocycles. The minimum Gasteiger partial charge on any atom is -0.153 e. The van der Waals surface area contributed by atoms with Gasteiger partial charge in [0.1, 0.15) is 0 Å². The van der Waals surface area contributed by atoms with E-state index in [9.17, 15) is 0 Å². The maximum Gasteiger partial charge on any atom is 0 e. The topological polar surface area (TPSA) is 0 Å². The zero-order chi connectivity index (χ0) is 0. The number of hydrogen-bond donors (Lipinski definition) is 0. The third kappa shape index (κ3) is 21.2. The molecule has 5 heavy (non-hydrogen) atoms. The second-order valence-corrected chi connectivity index (χ2v) is 0. The van der Waals surface area contributed by atoms with Gasteiger partial charge in [0.25, 0.3) is 0 Å². The van der Waals surface area contributed by atoms with Crippen LogP contribution >= 0.6 is 9.90 Å². The van der Waals surface area contributed by atoms with Gasteiger partial charge in [0.15, 0.2) is 0 Å². The first-order valence-corrected chi connectivity index (χ1v) is 0. The van der Waals surface area contributed by atoms with Crippen LogP contribution in [0.3, 0.4) is 0 Å². The molecule has 0 aromatic rings. The Kier molecular flexibility index (Phi) is 328. The molecule has 1 atom stereocenters. The molecule has 37 valence electrons. The number of hydrogen-bond acceptors (Lipinski definition) is 0. The van der Waals surface area contributed by atoms with Gasteiger partial charge in [0.05, 0.1) is 0 Å². The second-order valence-electron chi connectivity index (χ2n) is 0. The van der Waals surface area contributed by atoms with Crippen LogP contribution in [-0.2, 0) is 33.6 Å². The number of rotatable bonds is 0. The molecule has 0 aromatic heterocycles. The predicted molar refractivity (Wildman–Crippen MR) is 22.6 cm³/mol. The van der Waals surface area contributed by atoms with Crippen molar-refractivity contribution >= 4 is 44.8 Å². The third-order valence-electron chi connectivity index (χ3n) is 0. The predicted octanol–water partition coefficient (Wildman–Crippen LogP) is -0.708. The van der Waals surface area contributed by atoms with Gasteiger partial charge in [0.2, 0.25) is 0 Å². The van der Waals surface area contributed by atoms with E-state index in [-0.39, 0.29) is 78.3 Å². The van der Waals surface area contributed by atoms with E-state index < -0.39 is 0 Å². The van der Waals surface area contributed by atoms with E-state index in [1.54, 1.807) is 0 Å². The summed E-state index contributed by atoms with van der Waals surface area (Å²) in [5, 5.41) is 0. The molecule has 1 unspecified atom stereocenters. The maximum absolute atomic E-state index is 0. The van der Waals surface area contributed by atoms with Gasteiger partial charge in [-0.1, -0.05) is 0 Å². The fraction of sp³-hybridized carbons (Fsp3) is 0. The minimum atomic E-state index is 0. The molecule has 0 saturated heterocycles. The van der Waals surface area contributed by atoms with Gasteiger partial charge in [-0.05, 0) is 0 Å². The van der Waals surface area contributed by atoms with E-state index >= 15 is 0 Å². The molecular weight excluding hydrogens is 300 g/mol. The SMILES string of the molecule is P.[Cu].[Ni].[Si].[Sn]. The Morgan fingerprint density at radius 3 is 1.00 bits per heavy atom. The minimum absolute atomic E-state index is 0.